The second-order valence-corrected chi connectivity index (χ2v) is 7.91. The highest BCUT2D eigenvalue weighted by Crippen LogP contribution is 2.34. The van der Waals surface area contributed by atoms with Gasteiger partial charge in [0.25, 0.3) is 0 Å². The Morgan fingerprint density at radius 2 is 1.89 bits per heavy atom. The molecule has 0 radical (unpaired) electrons. The monoisotopic (exact) mass is 428 g/mol. The molecular weight excluding hydrogens is 408 g/mol. The number of anilines is 2. The first kappa shape index (κ1) is 17.9. The molecule has 1 fully saturated rings. The minimum absolute atomic E-state index is 0.0214. The molecule has 1 aliphatic rings. The second kappa shape index (κ2) is 7.23. The highest BCUT2D eigenvalue weighted by atomic mass is 79.9. The van der Waals surface area contributed by atoms with Gasteiger partial charge in [-0.1, -0.05) is 12.1 Å². The van der Waals surface area contributed by atoms with Crippen LogP contribution in [0.2, 0.25) is 0 Å². The van der Waals surface area contributed by atoms with Gasteiger partial charge in [0.05, 0.1) is 11.0 Å². The lowest BCUT2D eigenvalue weighted by molar-refractivity contribution is -0.121. The summed E-state index contributed by atoms with van der Waals surface area (Å²) in [6, 6.07) is 13.1. The number of nitrogens with two attached hydrogens (primary N) is 1. The summed E-state index contributed by atoms with van der Waals surface area (Å²) >= 11 is 3.49. The van der Waals surface area contributed by atoms with Crippen molar-refractivity contribution < 1.29 is 4.79 Å². The summed E-state index contributed by atoms with van der Waals surface area (Å²) in [6.45, 7) is 0. The molecule has 7 heteroatoms. The lowest BCUT2D eigenvalue weighted by Crippen LogP contribution is -2.31. The molecule has 0 atom stereocenters. The topological polar surface area (TPSA) is 92.9 Å². The number of para-hydroxylation sites is 1. The van der Waals surface area contributed by atoms with Crippen LogP contribution in [0.1, 0.15) is 31.7 Å². The van der Waals surface area contributed by atoms with Crippen molar-refractivity contribution in [3.05, 3.63) is 57.4 Å². The third-order valence-electron chi connectivity index (χ3n) is 5.29. The summed E-state index contributed by atoms with van der Waals surface area (Å²) in [7, 11) is 0. The zero-order chi connectivity index (χ0) is 19.0. The van der Waals surface area contributed by atoms with Crippen molar-refractivity contribution in [1.29, 1.82) is 0 Å². The van der Waals surface area contributed by atoms with Crippen LogP contribution in [0.4, 0.5) is 11.4 Å². The van der Waals surface area contributed by atoms with Crippen molar-refractivity contribution in [3.63, 3.8) is 0 Å². The number of hydrogen-bond donors (Lipinski definition) is 3. The molecule has 0 bridgehead atoms. The Kier molecular flexibility index (Phi) is 4.78. The van der Waals surface area contributed by atoms with Gasteiger partial charge >= 0.3 is 5.69 Å². The Morgan fingerprint density at radius 1 is 1.15 bits per heavy atom. The molecule has 1 aromatic heterocycles. The number of carbonyl (C=O) groups excluding carboxylic acids is 1. The molecule has 2 aromatic carbocycles. The smallest absolute Gasteiger partial charge is 0.326 e. The van der Waals surface area contributed by atoms with Gasteiger partial charge in [-0.25, -0.2) is 4.79 Å². The summed E-state index contributed by atoms with van der Waals surface area (Å²) in [5.41, 5.74) is 8.75. The molecule has 1 saturated carbocycles. The molecule has 4 rings (SSSR count). The number of carbonyl (C=O) groups is 1. The molecule has 1 amide bonds. The van der Waals surface area contributed by atoms with Crippen molar-refractivity contribution >= 4 is 44.2 Å². The first-order valence-corrected chi connectivity index (χ1v) is 9.87. The fourth-order valence-electron chi connectivity index (χ4n) is 3.93. The van der Waals surface area contributed by atoms with E-state index in [9.17, 15) is 9.59 Å². The van der Waals surface area contributed by atoms with Crippen LogP contribution in [-0.2, 0) is 4.79 Å². The van der Waals surface area contributed by atoms with Gasteiger partial charge in [0, 0.05) is 27.8 Å². The number of nitrogens with zero attached hydrogens (tertiary/aromatic N) is 1. The van der Waals surface area contributed by atoms with E-state index in [1.807, 2.05) is 34.9 Å². The second-order valence-electron chi connectivity index (χ2n) is 7.05. The van der Waals surface area contributed by atoms with Crippen LogP contribution in [0.3, 0.4) is 0 Å². The summed E-state index contributed by atoms with van der Waals surface area (Å²) in [4.78, 5) is 28.0. The third kappa shape index (κ3) is 3.51. The van der Waals surface area contributed by atoms with Gasteiger partial charge in [0.15, 0.2) is 0 Å². The van der Waals surface area contributed by atoms with Crippen molar-refractivity contribution in [1.82, 2.24) is 9.55 Å². The number of aromatic amines is 1. The molecule has 27 heavy (non-hydrogen) atoms. The van der Waals surface area contributed by atoms with E-state index in [-0.39, 0.29) is 23.6 Å². The van der Waals surface area contributed by atoms with E-state index >= 15 is 0 Å². The number of aromatic nitrogens is 2. The maximum atomic E-state index is 12.6. The zero-order valence-corrected chi connectivity index (χ0v) is 16.3. The SMILES string of the molecule is Nc1cccc(NC(=O)[C@H]2CC[C@@H](n3c(=O)[nH]c4c(Br)cccc43)CC2)c1. The number of hydrogen-bond acceptors (Lipinski definition) is 3. The maximum Gasteiger partial charge on any atom is 0.326 e. The van der Waals surface area contributed by atoms with E-state index in [1.54, 1.807) is 12.1 Å². The quantitative estimate of drug-likeness (QED) is 0.549. The number of rotatable bonds is 3. The predicted molar refractivity (Wildman–Crippen MR) is 111 cm³/mol. The van der Waals surface area contributed by atoms with Gasteiger partial charge < -0.3 is 16.0 Å². The Morgan fingerprint density at radius 3 is 2.63 bits per heavy atom. The van der Waals surface area contributed by atoms with Crippen molar-refractivity contribution in [2.45, 2.75) is 31.7 Å². The van der Waals surface area contributed by atoms with Crippen molar-refractivity contribution in [2.75, 3.05) is 11.1 Å². The summed E-state index contributed by atoms with van der Waals surface area (Å²) in [6.07, 6.45) is 3.11. The lowest BCUT2D eigenvalue weighted by Gasteiger charge is -2.28. The van der Waals surface area contributed by atoms with Crippen LogP contribution in [0.15, 0.2) is 51.7 Å². The highest BCUT2D eigenvalue weighted by molar-refractivity contribution is 9.10. The Labute approximate surface area is 164 Å². The maximum absolute atomic E-state index is 12.6. The number of imidazole rings is 1. The fraction of sp³-hybridized carbons (Fsp3) is 0.300. The van der Waals surface area contributed by atoms with Crippen LogP contribution >= 0.6 is 15.9 Å². The largest absolute Gasteiger partial charge is 0.399 e. The predicted octanol–water partition coefficient (Wildman–Crippen LogP) is 4.04. The van der Waals surface area contributed by atoms with Crippen LogP contribution in [-0.4, -0.2) is 15.5 Å². The fourth-order valence-corrected chi connectivity index (χ4v) is 4.39. The first-order chi connectivity index (χ1) is 13.0. The number of benzene rings is 2. The molecule has 0 unspecified atom stereocenters. The number of nitrogens with one attached hydrogen (secondary N) is 2. The average molecular weight is 429 g/mol. The number of nitrogen functional groups attached to an aromatic ring is 1. The summed E-state index contributed by atoms with van der Waals surface area (Å²) < 4.78 is 2.72. The van der Waals surface area contributed by atoms with E-state index in [0.717, 1.165) is 46.9 Å². The van der Waals surface area contributed by atoms with Crippen molar-refractivity contribution in [2.24, 2.45) is 5.92 Å². The number of fused-ring (bicyclic) bond motifs is 1. The molecule has 0 saturated heterocycles. The standard InChI is InChI=1S/C20H21BrN4O2/c21-16-5-2-6-17-18(16)24-20(27)25(17)15-9-7-12(8-10-15)19(26)23-14-4-1-3-13(22)11-14/h1-6,11-12,15H,7-10,22H2,(H,23,26)(H,24,27)/t12-,15+. The molecule has 6 nitrogen and oxygen atoms in total. The van der Waals surface area contributed by atoms with Crippen LogP contribution in [0, 0.1) is 5.92 Å². The van der Waals surface area contributed by atoms with Gasteiger partial charge in [-0.2, -0.15) is 0 Å². The number of H-pyrrole nitrogens is 1. The number of amides is 1. The van der Waals surface area contributed by atoms with E-state index in [1.165, 1.54) is 0 Å². The highest BCUT2D eigenvalue weighted by Gasteiger charge is 2.29. The molecule has 0 spiro atoms. The third-order valence-corrected chi connectivity index (χ3v) is 5.95. The first-order valence-electron chi connectivity index (χ1n) is 9.08. The molecule has 1 aliphatic carbocycles. The van der Waals surface area contributed by atoms with Crippen LogP contribution in [0.25, 0.3) is 11.0 Å². The zero-order valence-electron chi connectivity index (χ0n) is 14.7. The Bertz CT molecular complexity index is 1050. The van der Waals surface area contributed by atoms with Gasteiger partial charge in [0.2, 0.25) is 5.91 Å². The van der Waals surface area contributed by atoms with E-state index in [4.69, 9.17) is 5.73 Å². The summed E-state index contributed by atoms with van der Waals surface area (Å²) in [5, 5.41) is 2.95. The molecular formula is C20H21BrN4O2. The van der Waals surface area contributed by atoms with Crippen LogP contribution in [0.5, 0.6) is 0 Å². The van der Waals surface area contributed by atoms with Crippen LogP contribution < -0.4 is 16.7 Å². The van der Waals surface area contributed by atoms with Gasteiger partial charge in [0.1, 0.15) is 0 Å². The molecule has 1 heterocycles. The normalized spacial score (nSPS) is 19.9. The lowest BCUT2D eigenvalue weighted by atomic mass is 9.85. The summed E-state index contributed by atoms with van der Waals surface area (Å²) in [5.74, 6) is -0.0246. The van der Waals surface area contributed by atoms with Gasteiger partial charge in [-0.3, -0.25) is 9.36 Å². The number of halogens is 1. The van der Waals surface area contributed by atoms with E-state index in [2.05, 4.69) is 26.2 Å². The molecule has 0 aliphatic heterocycles. The van der Waals surface area contributed by atoms with E-state index in [0.29, 0.717) is 5.69 Å². The average Bonchev–Trinajstić information content (AvgIpc) is 2.99. The molecule has 140 valence electrons. The Hall–Kier alpha value is -2.54. The van der Waals surface area contributed by atoms with Gasteiger partial charge in [-0.05, 0) is 71.9 Å². The van der Waals surface area contributed by atoms with E-state index < -0.39 is 0 Å². The van der Waals surface area contributed by atoms with Crippen molar-refractivity contribution in [3.8, 4) is 0 Å². The van der Waals surface area contributed by atoms with Gasteiger partial charge in [-0.15, -0.1) is 0 Å². The molecule has 4 N–H and O–H groups in total. The molecule has 3 aromatic rings. The minimum atomic E-state index is -0.0930. The minimum Gasteiger partial charge on any atom is -0.399 e. The Balaban J connectivity index is 1.46.